The van der Waals surface area contributed by atoms with E-state index in [1.54, 1.807) is 6.07 Å². The second-order valence-corrected chi connectivity index (χ2v) is 6.05. The van der Waals surface area contributed by atoms with E-state index in [2.05, 4.69) is 19.2 Å². The van der Waals surface area contributed by atoms with Crippen LogP contribution in [-0.2, 0) is 0 Å². The Labute approximate surface area is 130 Å². The Balaban J connectivity index is 2.39. The maximum atomic E-state index is 14.1. The van der Waals surface area contributed by atoms with E-state index in [1.807, 2.05) is 19.1 Å². The second kappa shape index (κ2) is 10.8. The first kappa shape index (κ1) is 18.2. The summed E-state index contributed by atoms with van der Waals surface area (Å²) in [5.74, 6) is -0.0658. The van der Waals surface area contributed by atoms with Crippen molar-refractivity contribution in [1.29, 1.82) is 0 Å². The molecule has 0 saturated heterocycles. The van der Waals surface area contributed by atoms with Gasteiger partial charge in [-0.05, 0) is 31.5 Å². The van der Waals surface area contributed by atoms with Crippen LogP contribution in [0.25, 0.3) is 0 Å². The van der Waals surface area contributed by atoms with Crippen molar-refractivity contribution in [3.8, 4) is 0 Å². The molecule has 0 spiro atoms. The van der Waals surface area contributed by atoms with Gasteiger partial charge in [-0.15, -0.1) is 0 Å². The van der Waals surface area contributed by atoms with E-state index in [-0.39, 0.29) is 11.9 Å². The van der Waals surface area contributed by atoms with Gasteiger partial charge in [0.15, 0.2) is 0 Å². The van der Waals surface area contributed by atoms with Gasteiger partial charge in [0.05, 0.1) is 0 Å². The summed E-state index contributed by atoms with van der Waals surface area (Å²) in [6.07, 6.45) is 10.1. The maximum Gasteiger partial charge on any atom is 0.128 e. The highest BCUT2D eigenvalue weighted by Crippen LogP contribution is 2.23. The van der Waals surface area contributed by atoms with Crippen molar-refractivity contribution in [2.75, 3.05) is 6.54 Å². The van der Waals surface area contributed by atoms with Gasteiger partial charge in [0.1, 0.15) is 5.82 Å². The molecule has 1 aromatic rings. The number of benzene rings is 1. The van der Waals surface area contributed by atoms with Gasteiger partial charge in [-0.1, -0.05) is 70.9 Å². The third-order valence-electron chi connectivity index (χ3n) is 4.08. The molecule has 1 rings (SSSR count). The summed E-state index contributed by atoms with van der Waals surface area (Å²) >= 11 is 0. The minimum absolute atomic E-state index is 0.0658. The average molecular weight is 293 g/mol. The minimum Gasteiger partial charge on any atom is -0.310 e. The van der Waals surface area contributed by atoms with Crippen LogP contribution in [0.4, 0.5) is 4.39 Å². The van der Waals surface area contributed by atoms with E-state index in [9.17, 15) is 4.39 Å². The first-order valence-corrected chi connectivity index (χ1v) is 8.68. The molecule has 0 radical (unpaired) electrons. The van der Waals surface area contributed by atoms with E-state index in [0.717, 1.165) is 24.1 Å². The number of hydrogen-bond acceptors (Lipinski definition) is 1. The SMILES string of the molecule is CCCCCCCCCC(NCC)c1ccc(C)cc1F. The molecule has 1 N–H and O–H groups in total. The van der Waals surface area contributed by atoms with Crippen LogP contribution in [0.2, 0.25) is 0 Å². The Morgan fingerprint density at radius 2 is 1.67 bits per heavy atom. The molecule has 120 valence electrons. The van der Waals surface area contributed by atoms with Crippen LogP contribution in [-0.4, -0.2) is 6.54 Å². The Morgan fingerprint density at radius 1 is 1.00 bits per heavy atom. The van der Waals surface area contributed by atoms with Crippen LogP contribution in [0.5, 0.6) is 0 Å². The molecule has 0 amide bonds. The van der Waals surface area contributed by atoms with Crippen LogP contribution in [0.3, 0.4) is 0 Å². The van der Waals surface area contributed by atoms with Gasteiger partial charge >= 0.3 is 0 Å². The van der Waals surface area contributed by atoms with Gasteiger partial charge in [0, 0.05) is 11.6 Å². The number of aryl methyl sites for hydroxylation is 1. The van der Waals surface area contributed by atoms with Gasteiger partial charge in [-0.3, -0.25) is 0 Å². The van der Waals surface area contributed by atoms with Crippen LogP contribution < -0.4 is 5.32 Å². The third-order valence-corrected chi connectivity index (χ3v) is 4.08. The monoisotopic (exact) mass is 293 g/mol. The lowest BCUT2D eigenvalue weighted by atomic mass is 9.98. The summed E-state index contributed by atoms with van der Waals surface area (Å²) in [5, 5.41) is 3.43. The van der Waals surface area contributed by atoms with Crippen LogP contribution >= 0.6 is 0 Å². The molecule has 1 nitrogen and oxygen atoms in total. The molecule has 1 aromatic carbocycles. The predicted molar refractivity (Wildman–Crippen MR) is 90.2 cm³/mol. The quantitative estimate of drug-likeness (QED) is 0.499. The summed E-state index contributed by atoms with van der Waals surface area (Å²) in [7, 11) is 0. The molecule has 1 unspecified atom stereocenters. The van der Waals surface area contributed by atoms with Gasteiger partial charge < -0.3 is 5.32 Å². The van der Waals surface area contributed by atoms with Crippen LogP contribution in [0, 0.1) is 12.7 Å². The largest absolute Gasteiger partial charge is 0.310 e. The van der Waals surface area contributed by atoms with Crippen molar-refractivity contribution in [1.82, 2.24) is 5.32 Å². The van der Waals surface area contributed by atoms with E-state index >= 15 is 0 Å². The Morgan fingerprint density at radius 3 is 2.29 bits per heavy atom. The Bertz CT molecular complexity index is 389. The molecule has 0 saturated carbocycles. The zero-order valence-electron chi connectivity index (χ0n) is 14.1. The van der Waals surface area contributed by atoms with E-state index in [1.165, 1.54) is 44.9 Å². The van der Waals surface area contributed by atoms with Gasteiger partial charge in [-0.25, -0.2) is 4.39 Å². The fourth-order valence-corrected chi connectivity index (χ4v) is 2.83. The molecule has 1 atom stereocenters. The number of rotatable bonds is 11. The fourth-order valence-electron chi connectivity index (χ4n) is 2.83. The zero-order chi connectivity index (χ0) is 15.5. The predicted octanol–water partition coefficient (Wildman–Crippen LogP) is 5.93. The highest BCUT2D eigenvalue weighted by molar-refractivity contribution is 5.26. The third kappa shape index (κ3) is 7.08. The highest BCUT2D eigenvalue weighted by Gasteiger charge is 2.14. The van der Waals surface area contributed by atoms with Crippen molar-refractivity contribution in [3.05, 3.63) is 35.1 Å². The average Bonchev–Trinajstić information content (AvgIpc) is 2.45. The zero-order valence-corrected chi connectivity index (χ0v) is 14.1. The van der Waals surface area contributed by atoms with Gasteiger partial charge in [0.25, 0.3) is 0 Å². The lowest BCUT2D eigenvalue weighted by Gasteiger charge is -2.19. The summed E-state index contributed by atoms with van der Waals surface area (Å²) in [5.41, 5.74) is 1.82. The Kier molecular flexibility index (Phi) is 9.32. The molecule has 0 heterocycles. The topological polar surface area (TPSA) is 12.0 Å². The van der Waals surface area contributed by atoms with E-state index in [4.69, 9.17) is 0 Å². The normalized spacial score (nSPS) is 12.6. The molecular weight excluding hydrogens is 261 g/mol. The van der Waals surface area contributed by atoms with Crippen molar-refractivity contribution in [2.45, 2.75) is 78.2 Å². The molecule has 0 bridgehead atoms. The lowest BCUT2D eigenvalue weighted by Crippen LogP contribution is -2.22. The van der Waals surface area contributed by atoms with Gasteiger partial charge in [-0.2, -0.15) is 0 Å². The molecule has 0 aliphatic heterocycles. The van der Waals surface area contributed by atoms with Crippen LogP contribution in [0.1, 0.15) is 82.4 Å². The summed E-state index contributed by atoms with van der Waals surface area (Å²) < 4.78 is 14.1. The standard InChI is InChI=1S/C19H32FN/c1-4-6-7-8-9-10-11-12-19(21-5-2)17-14-13-16(3)15-18(17)20/h13-15,19,21H,4-12H2,1-3H3. The Hall–Kier alpha value is -0.890. The molecule has 0 aromatic heterocycles. The van der Waals surface area contributed by atoms with Gasteiger partial charge in [0.2, 0.25) is 0 Å². The summed E-state index contributed by atoms with van der Waals surface area (Å²) in [6, 6.07) is 5.75. The molecular formula is C19H32FN. The first-order chi connectivity index (χ1) is 10.2. The van der Waals surface area contributed by atoms with Crippen molar-refractivity contribution in [3.63, 3.8) is 0 Å². The van der Waals surface area contributed by atoms with Crippen LogP contribution in [0.15, 0.2) is 18.2 Å². The molecule has 0 fully saturated rings. The molecule has 21 heavy (non-hydrogen) atoms. The van der Waals surface area contributed by atoms with Crippen molar-refractivity contribution in [2.24, 2.45) is 0 Å². The van der Waals surface area contributed by atoms with E-state index in [0.29, 0.717) is 0 Å². The van der Waals surface area contributed by atoms with Crippen molar-refractivity contribution >= 4 is 0 Å². The molecule has 0 aliphatic carbocycles. The first-order valence-electron chi connectivity index (χ1n) is 8.68. The molecule has 2 heteroatoms. The van der Waals surface area contributed by atoms with E-state index < -0.39 is 0 Å². The summed E-state index contributed by atoms with van der Waals surface area (Å²) in [6.45, 7) is 7.15. The van der Waals surface area contributed by atoms with Crippen molar-refractivity contribution < 1.29 is 4.39 Å². The second-order valence-electron chi connectivity index (χ2n) is 6.05. The number of nitrogens with one attached hydrogen (secondary N) is 1. The number of unbranched alkanes of at least 4 members (excludes halogenated alkanes) is 6. The minimum atomic E-state index is -0.0658. The lowest BCUT2D eigenvalue weighted by molar-refractivity contribution is 0.457. The number of halogens is 1. The smallest absolute Gasteiger partial charge is 0.128 e. The summed E-state index contributed by atoms with van der Waals surface area (Å²) in [4.78, 5) is 0. The fraction of sp³-hybridized carbons (Fsp3) is 0.684. The maximum absolute atomic E-state index is 14.1. The number of hydrogen-bond donors (Lipinski definition) is 1. The molecule has 0 aliphatic rings. The highest BCUT2D eigenvalue weighted by atomic mass is 19.1.